The SMILES string of the molecule is CN(Cc1cnc(N)s1)c1ccccc1F. The molecule has 0 saturated heterocycles. The highest BCUT2D eigenvalue weighted by molar-refractivity contribution is 7.15. The number of nitrogens with zero attached hydrogens (tertiary/aromatic N) is 2. The van der Waals surface area contributed by atoms with Gasteiger partial charge in [-0.3, -0.25) is 0 Å². The molecule has 3 nitrogen and oxygen atoms in total. The second-order valence-electron chi connectivity index (χ2n) is 3.47. The maximum atomic E-state index is 13.5. The summed E-state index contributed by atoms with van der Waals surface area (Å²) in [6.07, 6.45) is 1.72. The Bertz CT molecular complexity index is 484. The fourth-order valence-electron chi connectivity index (χ4n) is 1.48. The van der Waals surface area contributed by atoms with Gasteiger partial charge >= 0.3 is 0 Å². The number of aromatic nitrogens is 1. The largest absolute Gasteiger partial charge is 0.375 e. The summed E-state index contributed by atoms with van der Waals surface area (Å²) >= 11 is 1.42. The van der Waals surface area contributed by atoms with Gasteiger partial charge in [-0.1, -0.05) is 12.1 Å². The van der Waals surface area contributed by atoms with Crippen molar-refractivity contribution in [1.29, 1.82) is 0 Å². The van der Waals surface area contributed by atoms with E-state index >= 15 is 0 Å². The third-order valence-electron chi connectivity index (χ3n) is 2.23. The molecular weight excluding hydrogens is 225 g/mol. The zero-order valence-electron chi connectivity index (χ0n) is 8.85. The molecule has 0 atom stereocenters. The van der Waals surface area contributed by atoms with E-state index in [4.69, 9.17) is 5.73 Å². The molecule has 0 radical (unpaired) electrons. The van der Waals surface area contributed by atoms with E-state index in [0.29, 0.717) is 17.4 Å². The number of thiazole rings is 1. The van der Waals surface area contributed by atoms with Gasteiger partial charge in [-0.2, -0.15) is 0 Å². The lowest BCUT2D eigenvalue weighted by atomic mass is 10.3. The maximum Gasteiger partial charge on any atom is 0.180 e. The van der Waals surface area contributed by atoms with Gasteiger partial charge in [0.2, 0.25) is 0 Å². The maximum absolute atomic E-state index is 13.5. The van der Waals surface area contributed by atoms with E-state index in [1.54, 1.807) is 18.3 Å². The van der Waals surface area contributed by atoms with Crippen LogP contribution in [0.1, 0.15) is 4.88 Å². The number of hydrogen-bond donors (Lipinski definition) is 1. The standard InChI is InChI=1S/C11H12FN3S/c1-15(7-8-6-14-11(13)16-8)10-5-3-2-4-9(10)12/h2-6H,7H2,1H3,(H2,13,14). The number of benzene rings is 1. The van der Waals surface area contributed by atoms with Crippen LogP contribution in [0.25, 0.3) is 0 Å². The Labute approximate surface area is 97.3 Å². The van der Waals surface area contributed by atoms with Crippen molar-refractivity contribution in [2.45, 2.75) is 6.54 Å². The smallest absolute Gasteiger partial charge is 0.180 e. The minimum atomic E-state index is -0.220. The van der Waals surface area contributed by atoms with Crippen LogP contribution in [0.4, 0.5) is 15.2 Å². The van der Waals surface area contributed by atoms with E-state index in [2.05, 4.69) is 4.98 Å². The fourth-order valence-corrected chi connectivity index (χ4v) is 2.21. The molecule has 16 heavy (non-hydrogen) atoms. The number of nitrogen functional groups attached to an aromatic ring is 1. The zero-order valence-corrected chi connectivity index (χ0v) is 9.67. The van der Waals surface area contributed by atoms with Crippen molar-refractivity contribution in [3.05, 3.63) is 41.2 Å². The molecule has 0 saturated carbocycles. The molecule has 2 N–H and O–H groups in total. The third kappa shape index (κ3) is 2.30. The average molecular weight is 237 g/mol. The summed E-state index contributed by atoms with van der Waals surface area (Å²) < 4.78 is 13.5. The van der Waals surface area contributed by atoms with Crippen LogP contribution in [0.5, 0.6) is 0 Å². The first-order valence-electron chi connectivity index (χ1n) is 4.82. The van der Waals surface area contributed by atoms with E-state index < -0.39 is 0 Å². The van der Waals surface area contributed by atoms with Crippen molar-refractivity contribution in [1.82, 2.24) is 4.98 Å². The Hall–Kier alpha value is -1.62. The van der Waals surface area contributed by atoms with E-state index in [0.717, 1.165) is 4.88 Å². The van der Waals surface area contributed by atoms with E-state index in [-0.39, 0.29) is 5.82 Å². The van der Waals surface area contributed by atoms with Crippen LogP contribution in [-0.2, 0) is 6.54 Å². The Morgan fingerprint density at radius 2 is 2.19 bits per heavy atom. The lowest BCUT2D eigenvalue weighted by Gasteiger charge is -2.18. The van der Waals surface area contributed by atoms with Crippen molar-refractivity contribution in [3.8, 4) is 0 Å². The molecular formula is C11H12FN3S. The Morgan fingerprint density at radius 1 is 1.44 bits per heavy atom. The molecule has 0 fully saturated rings. The van der Waals surface area contributed by atoms with Crippen molar-refractivity contribution < 1.29 is 4.39 Å². The number of rotatable bonds is 3. The lowest BCUT2D eigenvalue weighted by molar-refractivity contribution is 0.622. The molecule has 0 unspecified atom stereocenters. The Morgan fingerprint density at radius 3 is 2.81 bits per heavy atom. The molecule has 0 aliphatic rings. The number of anilines is 2. The van der Waals surface area contributed by atoms with E-state index in [1.807, 2.05) is 18.0 Å². The van der Waals surface area contributed by atoms with Crippen LogP contribution in [0.15, 0.2) is 30.5 Å². The van der Waals surface area contributed by atoms with Gasteiger partial charge in [0.05, 0.1) is 12.2 Å². The zero-order chi connectivity index (χ0) is 11.5. The first-order chi connectivity index (χ1) is 7.66. The molecule has 0 spiro atoms. The van der Waals surface area contributed by atoms with Crippen LogP contribution in [0.3, 0.4) is 0 Å². The second-order valence-corrected chi connectivity index (χ2v) is 4.62. The van der Waals surface area contributed by atoms with Gasteiger partial charge < -0.3 is 10.6 Å². The van der Waals surface area contributed by atoms with Crippen molar-refractivity contribution in [2.24, 2.45) is 0 Å². The van der Waals surface area contributed by atoms with Crippen LogP contribution in [0, 0.1) is 5.82 Å². The van der Waals surface area contributed by atoms with Gasteiger partial charge in [0, 0.05) is 18.1 Å². The van der Waals surface area contributed by atoms with Gasteiger partial charge in [-0.25, -0.2) is 9.37 Å². The van der Waals surface area contributed by atoms with Gasteiger partial charge in [0.15, 0.2) is 5.13 Å². The Balaban J connectivity index is 2.14. The first-order valence-corrected chi connectivity index (χ1v) is 5.64. The molecule has 5 heteroatoms. The van der Waals surface area contributed by atoms with Gasteiger partial charge in [0.25, 0.3) is 0 Å². The molecule has 0 aliphatic carbocycles. The number of nitrogens with two attached hydrogens (primary N) is 1. The molecule has 2 rings (SSSR count). The summed E-state index contributed by atoms with van der Waals surface area (Å²) in [6.45, 7) is 0.607. The van der Waals surface area contributed by atoms with Crippen molar-refractivity contribution >= 4 is 22.2 Å². The van der Waals surface area contributed by atoms with Crippen LogP contribution in [0.2, 0.25) is 0 Å². The molecule has 1 aromatic heterocycles. The highest BCUT2D eigenvalue weighted by atomic mass is 32.1. The summed E-state index contributed by atoms with van der Waals surface area (Å²) in [6, 6.07) is 6.69. The molecule has 1 aromatic carbocycles. The predicted molar refractivity (Wildman–Crippen MR) is 65.0 cm³/mol. The molecule has 84 valence electrons. The predicted octanol–water partition coefficient (Wildman–Crippen LogP) is 2.50. The minimum absolute atomic E-state index is 0.220. The van der Waals surface area contributed by atoms with Gasteiger partial charge in [0.1, 0.15) is 5.82 Å². The summed E-state index contributed by atoms with van der Waals surface area (Å²) in [4.78, 5) is 6.81. The van der Waals surface area contributed by atoms with Gasteiger partial charge in [-0.05, 0) is 12.1 Å². The lowest BCUT2D eigenvalue weighted by Crippen LogP contribution is -2.16. The molecule has 1 heterocycles. The number of halogens is 1. The summed E-state index contributed by atoms with van der Waals surface area (Å²) in [5, 5.41) is 0.539. The van der Waals surface area contributed by atoms with Crippen molar-refractivity contribution in [2.75, 3.05) is 17.7 Å². The normalized spacial score (nSPS) is 10.4. The minimum Gasteiger partial charge on any atom is -0.375 e. The summed E-state index contributed by atoms with van der Waals surface area (Å²) in [5.41, 5.74) is 6.12. The quantitative estimate of drug-likeness (QED) is 0.891. The molecule has 0 amide bonds. The molecule has 2 aromatic rings. The molecule has 0 aliphatic heterocycles. The fraction of sp³-hybridized carbons (Fsp3) is 0.182. The topological polar surface area (TPSA) is 42.2 Å². The van der Waals surface area contributed by atoms with E-state index in [9.17, 15) is 4.39 Å². The second kappa shape index (κ2) is 4.49. The Kier molecular flexibility index (Phi) is 3.05. The number of hydrogen-bond acceptors (Lipinski definition) is 4. The number of para-hydroxylation sites is 1. The third-order valence-corrected chi connectivity index (χ3v) is 3.04. The van der Waals surface area contributed by atoms with Crippen LogP contribution >= 0.6 is 11.3 Å². The van der Waals surface area contributed by atoms with E-state index in [1.165, 1.54) is 17.4 Å². The highest BCUT2D eigenvalue weighted by Gasteiger charge is 2.08. The van der Waals surface area contributed by atoms with Gasteiger partial charge in [-0.15, -0.1) is 11.3 Å². The summed E-state index contributed by atoms with van der Waals surface area (Å²) in [5.74, 6) is -0.220. The summed E-state index contributed by atoms with van der Waals surface area (Å²) in [7, 11) is 1.84. The first kappa shape index (κ1) is 10.9. The monoisotopic (exact) mass is 237 g/mol. The molecule has 0 bridgehead atoms. The highest BCUT2D eigenvalue weighted by Crippen LogP contribution is 2.22. The van der Waals surface area contributed by atoms with Crippen LogP contribution in [-0.4, -0.2) is 12.0 Å². The van der Waals surface area contributed by atoms with Crippen molar-refractivity contribution in [3.63, 3.8) is 0 Å². The average Bonchev–Trinajstić information content (AvgIpc) is 2.64. The van der Waals surface area contributed by atoms with Crippen LogP contribution < -0.4 is 10.6 Å².